The molecule has 1 heterocycles. The van der Waals surface area contributed by atoms with Gasteiger partial charge in [0.1, 0.15) is 0 Å². The molecule has 1 aliphatic rings. The molecule has 0 unspecified atom stereocenters. The Morgan fingerprint density at radius 3 is 3.18 bits per heavy atom. The molecular formula is C10H11N. The Kier molecular flexibility index (Phi) is 1.50. The standard InChI is InChI=1S/C10H11N/c1-2-8-5-6-10-9(8)4-3-7-11-10/h2-4,7H,5-6H2,1H3. The van der Waals surface area contributed by atoms with Gasteiger partial charge in [-0.1, -0.05) is 12.1 Å². The Morgan fingerprint density at radius 1 is 1.45 bits per heavy atom. The second-order valence-corrected chi connectivity index (χ2v) is 2.81. The highest BCUT2D eigenvalue weighted by molar-refractivity contribution is 5.70. The first-order chi connectivity index (χ1) is 5.42. The van der Waals surface area contributed by atoms with Crippen LogP contribution in [0.2, 0.25) is 0 Å². The van der Waals surface area contributed by atoms with Gasteiger partial charge in [0, 0.05) is 11.9 Å². The van der Waals surface area contributed by atoms with Crippen molar-refractivity contribution in [2.45, 2.75) is 19.8 Å². The molecule has 56 valence electrons. The van der Waals surface area contributed by atoms with E-state index in [4.69, 9.17) is 0 Å². The zero-order valence-corrected chi connectivity index (χ0v) is 6.67. The molecule has 0 atom stereocenters. The molecule has 0 N–H and O–H groups in total. The first-order valence-electron chi connectivity index (χ1n) is 4.01. The molecule has 1 aromatic rings. The normalized spacial score (nSPS) is 18.8. The first-order valence-corrected chi connectivity index (χ1v) is 4.01. The highest BCUT2D eigenvalue weighted by Crippen LogP contribution is 2.29. The lowest BCUT2D eigenvalue weighted by atomic mass is 10.1. The van der Waals surface area contributed by atoms with E-state index in [0.717, 1.165) is 6.42 Å². The summed E-state index contributed by atoms with van der Waals surface area (Å²) >= 11 is 0. The molecule has 0 aliphatic heterocycles. The van der Waals surface area contributed by atoms with E-state index in [1.165, 1.54) is 23.3 Å². The fourth-order valence-corrected chi connectivity index (χ4v) is 1.62. The summed E-state index contributed by atoms with van der Waals surface area (Å²) < 4.78 is 0. The number of aromatic nitrogens is 1. The monoisotopic (exact) mass is 145 g/mol. The molecule has 0 bridgehead atoms. The van der Waals surface area contributed by atoms with Crippen molar-refractivity contribution in [1.29, 1.82) is 0 Å². The third-order valence-corrected chi connectivity index (χ3v) is 2.22. The zero-order chi connectivity index (χ0) is 7.68. The SMILES string of the molecule is CC=C1CCc2ncccc21. The molecule has 0 spiro atoms. The summed E-state index contributed by atoms with van der Waals surface area (Å²) in [6.07, 6.45) is 6.35. The molecule has 0 amide bonds. The van der Waals surface area contributed by atoms with Crippen LogP contribution in [0.15, 0.2) is 24.4 Å². The smallest absolute Gasteiger partial charge is 0.0481 e. The van der Waals surface area contributed by atoms with Gasteiger partial charge in [0.05, 0.1) is 0 Å². The average molecular weight is 145 g/mol. The van der Waals surface area contributed by atoms with Crippen LogP contribution in [-0.4, -0.2) is 4.98 Å². The predicted molar refractivity (Wildman–Crippen MR) is 46.2 cm³/mol. The summed E-state index contributed by atoms with van der Waals surface area (Å²) in [7, 11) is 0. The minimum Gasteiger partial charge on any atom is -0.261 e. The fraction of sp³-hybridized carbons (Fsp3) is 0.300. The molecular weight excluding hydrogens is 134 g/mol. The van der Waals surface area contributed by atoms with Gasteiger partial charge in [0.2, 0.25) is 0 Å². The number of rotatable bonds is 0. The number of hydrogen-bond donors (Lipinski definition) is 0. The number of aryl methyl sites for hydroxylation is 1. The summed E-state index contributed by atoms with van der Waals surface area (Å²) in [6.45, 7) is 2.09. The van der Waals surface area contributed by atoms with Crippen LogP contribution in [-0.2, 0) is 6.42 Å². The van der Waals surface area contributed by atoms with E-state index in [1.54, 1.807) is 0 Å². The Morgan fingerprint density at radius 2 is 2.36 bits per heavy atom. The lowest BCUT2D eigenvalue weighted by Crippen LogP contribution is -1.83. The van der Waals surface area contributed by atoms with E-state index < -0.39 is 0 Å². The Bertz CT molecular complexity index is 299. The zero-order valence-electron chi connectivity index (χ0n) is 6.67. The van der Waals surface area contributed by atoms with Gasteiger partial charge in [0.25, 0.3) is 0 Å². The van der Waals surface area contributed by atoms with Crippen molar-refractivity contribution in [3.05, 3.63) is 35.7 Å². The highest BCUT2D eigenvalue weighted by atomic mass is 14.7. The van der Waals surface area contributed by atoms with Crippen molar-refractivity contribution in [2.24, 2.45) is 0 Å². The molecule has 11 heavy (non-hydrogen) atoms. The molecule has 0 fully saturated rings. The largest absolute Gasteiger partial charge is 0.261 e. The first kappa shape index (κ1) is 6.59. The molecule has 0 aromatic carbocycles. The minimum atomic E-state index is 1.12. The fourth-order valence-electron chi connectivity index (χ4n) is 1.62. The number of hydrogen-bond acceptors (Lipinski definition) is 1. The van der Waals surface area contributed by atoms with Crippen molar-refractivity contribution in [2.75, 3.05) is 0 Å². The van der Waals surface area contributed by atoms with Crippen molar-refractivity contribution in [3.63, 3.8) is 0 Å². The van der Waals surface area contributed by atoms with Gasteiger partial charge >= 0.3 is 0 Å². The van der Waals surface area contributed by atoms with E-state index in [0.29, 0.717) is 0 Å². The van der Waals surface area contributed by atoms with Crippen LogP contribution in [0.5, 0.6) is 0 Å². The maximum atomic E-state index is 4.32. The van der Waals surface area contributed by atoms with Gasteiger partial charge < -0.3 is 0 Å². The van der Waals surface area contributed by atoms with Gasteiger partial charge in [-0.2, -0.15) is 0 Å². The maximum Gasteiger partial charge on any atom is 0.0481 e. The van der Waals surface area contributed by atoms with Crippen molar-refractivity contribution in [3.8, 4) is 0 Å². The summed E-state index contributed by atoms with van der Waals surface area (Å²) in [5.74, 6) is 0. The van der Waals surface area contributed by atoms with E-state index >= 15 is 0 Å². The lowest BCUT2D eigenvalue weighted by Gasteiger charge is -1.96. The third-order valence-electron chi connectivity index (χ3n) is 2.22. The van der Waals surface area contributed by atoms with Crippen LogP contribution in [0.3, 0.4) is 0 Å². The van der Waals surface area contributed by atoms with E-state index in [9.17, 15) is 0 Å². The van der Waals surface area contributed by atoms with Crippen LogP contribution >= 0.6 is 0 Å². The number of pyridine rings is 1. The van der Waals surface area contributed by atoms with Crippen LogP contribution in [0.4, 0.5) is 0 Å². The second-order valence-electron chi connectivity index (χ2n) is 2.81. The molecule has 0 saturated carbocycles. The molecule has 1 aromatic heterocycles. The molecule has 2 rings (SSSR count). The Balaban J connectivity index is 2.55. The summed E-state index contributed by atoms with van der Waals surface area (Å²) in [5, 5.41) is 0. The van der Waals surface area contributed by atoms with E-state index in [-0.39, 0.29) is 0 Å². The quantitative estimate of drug-likeness (QED) is 0.546. The molecule has 1 aliphatic carbocycles. The van der Waals surface area contributed by atoms with Crippen molar-refractivity contribution >= 4 is 5.57 Å². The van der Waals surface area contributed by atoms with Gasteiger partial charge in [-0.15, -0.1) is 0 Å². The molecule has 0 radical (unpaired) electrons. The molecule has 1 heteroatoms. The number of allylic oxidation sites excluding steroid dienone is 2. The summed E-state index contributed by atoms with van der Waals surface area (Å²) in [6, 6.07) is 4.16. The van der Waals surface area contributed by atoms with Crippen molar-refractivity contribution < 1.29 is 0 Å². The average Bonchev–Trinajstić information content (AvgIpc) is 2.47. The van der Waals surface area contributed by atoms with Gasteiger partial charge in [-0.3, -0.25) is 4.98 Å². The van der Waals surface area contributed by atoms with Gasteiger partial charge in [0.15, 0.2) is 0 Å². The Labute approximate surface area is 66.8 Å². The van der Waals surface area contributed by atoms with E-state index in [2.05, 4.69) is 24.1 Å². The second kappa shape index (κ2) is 2.50. The summed E-state index contributed by atoms with van der Waals surface area (Å²) in [4.78, 5) is 4.32. The van der Waals surface area contributed by atoms with Gasteiger partial charge in [-0.25, -0.2) is 0 Å². The predicted octanol–water partition coefficient (Wildman–Crippen LogP) is 2.43. The minimum absolute atomic E-state index is 1.12. The van der Waals surface area contributed by atoms with Gasteiger partial charge in [-0.05, 0) is 37.0 Å². The maximum absolute atomic E-state index is 4.32. The van der Waals surface area contributed by atoms with Crippen molar-refractivity contribution in [1.82, 2.24) is 4.98 Å². The molecule has 1 nitrogen and oxygen atoms in total. The highest BCUT2D eigenvalue weighted by Gasteiger charge is 2.14. The number of fused-ring (bicyclic) bond motifs is 1. The van der Waals surface area contributed by atoms with Crippen LogP contribution in [0, 0.1) is 0 Å². The third kappa shape index (κ3) is 0.967. The van der Waals surface area contributed by atoms with Crippen LogP contribution in [0.1, 0.15) is 24.6 Å². The van der Waals surface area contributed by atoms with E-state index in [1.807, 2.05) is 12.3 Å². The Hall–Kier alpha value is -1.11. The number of nitrogens with zero attached hydrogens (tertiary/aromatic N) is 1. The molecule has 0 saturated heterocycles. The van der Waals surface area contributed by atoms with Crippen LogP contribution in [0.25, 0.3) is 5.57 Å². The summed E-state index contributed by atoms with van der Waals surface area (Å²) in [5.41, 5.74) is 4.07. The topological polar surface area (TPSA) is 12.9 Å². The lowest BCUT2D eigenvalue weighted by molar-refractivity contribution is 1.01. The van der Waals surface area contributed by atoms with Crippen LogP contribution < -0.4 is 0 Å².